The van der Waals surface area contributed by atoms with Crippen molar-refractivity contribution in [3.63, 3.8) is 0 Å². The first-order valence-electron chi connectivity index (χ1n) is 8.59. The lowest BCUT2D eigenvalue weighted by molar-refractivity contribution is -0.129. The summed E-state index contributed by atoms with van der Waals surface area (Å²) in [6, 6.07) is 2.06. The molecule has 0 unspecified atom stereocenters. The molecule has 1 aromatic heterocycles. The molecule has 6 nitrogen and oxygen atoms in total. The summed E-state index contributed by atoms with van der Waals surface area (Å²) in [6.07, 6.45) is 4.00. The second-order valence-electron chi connectivity index (χ2n) is 6.87. The molecule has 2 atom stereocenters. The molecule has 3 saturated heterocycles. The summed E-state index contributed by atoms with van der Waals surface area (Å²) in [6.45, 7) is 5.93. The van der Waals surface area contributed by atoms with Crippen LogP contribution in [0.25, 0.3) is 0 Å². The van der Waals surface area contributed by atoms with E-state index in [9.17, 15) is 9.59 Å². The number of piperidine rings is 1. The Balaban J connectivity index is 1.81. The lowest BCUT2D eigenvalue weighted by Gasteiger charge is -2.35. The van der Waals surface area contributed by atoms with Gasteiger partial charge in [-0.25, -0.2) is 0 Å². The van der Waals surface area contributed by atoms with E-state index >= 15 is 0 Å². The second-order valence-corrected chi connectivity index (χ2v) is 6.87. The van der Waals surface area contributed by atoms with Crippen LogP contribution in [0.2, 0.25) is 0 Å². The van der Waals surface area contributed by atoms with Gasteiger partial charge in [-0.15, -0.1) is 0 Å². The van der Waals surface area contributed by atoms with Crippen molar-refractivity contribution in [2.24, 2.45) is 13.0 Å². The van der Waals surface area contributed by atoms with Gasteiger partial charge in [-0.2, -0.15) is 5.10 Å². The topological polar surface area (TPSA) is 58.4 Å². The highest BCUT2D eigenvalue weighted by atomic mass is 16.2. The summed E-state index contributed by atoms with van der Waals surface area (Å²) in [4.78, 5) is 28.7. The van der Waals surface area contributed by atoms with Gasteiger partial charge >= 0.3 is 0 Å². The third-order valence-electron chi connectivity index (χ3n) is 5.08. The van der Waals surface area contributed by atoms with Gasteiger partial charge in [-0.3, -0.25) is 14.3 Å². The average molecular weight is 318 g/mol. The van der Waals surface area contributed by atoms with Gasteiger partial charge in [-0.05, 0) is 31.2 Å². The fourth-order valence-corrected chi connectivity index (χ4v) is 3.84. The van der Waals surface area contributed by atoms with E-state index in [1.165, 1.54) is 0 Å². The molecular formula is C17H26N4O2. The minimum atomic E-state index is 0.0578. The standard InChI is InChI=1S/C17H26N4O2/c1-4-5-14-8-16(19(3)18-14)17(23)21-10-13-6-7-15(21)11-20(9-13)12(2)22/h8,13,15H,4-7,9-11H2,1-3H3/t13-,15+/m0/s1. The second kappa shape index (κ2) is 6.34. The number of amides is 2. The van der Waals surface area contributed by atoms with Gasteiger partial charge in [0.1, 0.15) is 5.69 Å². The van der Waals surface area contributed by atoms with Gasteiger partial charge < -0.3 is 9.80 Å². The number of rotatable bonds is 3. The van der Waals surface area contributed by atoms with Crippen molar-refractivity contribution in [3.8, 4) is 0 Å². The SMILES string of the molecule is CCCc1cc(C(=O)N2C[C@H]3CC[C@@H]2CN(C(C)=O)C3)n(C)n1. The highest BCUT2D eigenvalue weighted by Crippen LogP contribution is 2.29. The predicted molar refractivity (Wildman–Crippen MR) is 87.0 cm³/mol. The molecule has 0 aliphatic carbocycles. The quantitative estimate of drug-likeness (QED) is 0.848. The highest BCUT2D eigenvalue weighted by molar-refractivity contribution is 5.93. The third-order valence-corrected chi connectivity index (χ3v) is 5.08. The molecule has 4 heterocycles. The smallest absolute Gasteiger partial charge is 0.272 e. The van der Waals surface area contributed by atoms with Crippen molar-refractivity contribution in [1.82, 2.24) is 19.6 Å². The zero-order chi connectivity index (χ0) is 16.6. The molecule has 0 N–H and O–H groups in total. The number of fused-ring (bicyclic) bond motifs is 4. The Morgan fingerprint density at radius 3 is 2.74 bits per heavy atom. The summed E-state index contributed by atoms with van der Waals surface area (Å²) < 4.78 is 1.70. The number of nitrogens with zero attached hydrogens (tertiary/aromatic N) is 4. The molecule has 0 radical (unpaired) electrons. The number of aromatic nitrogens is 2. The molecule has 3 aliphatic heterocycles. The van der Waals surface area contributed by atoms with Crippen LogP contribution in [0.5, 0.6) is 0 Å². The lowest BCUT2D eigenvalue weighted by Crippen LogP contribution is -2.48. The van der Waals surface area contributed by atoms with Crippen molar-refractivity contribution >= 4 is 11.8 Å². The van der Waals surface area contributed by atoms with Crippen LogP contribution in [0.4, 0.5) is 0 Å². The van der Waals surface area contributed by atoms with Crippen molar-refractivity contribution in [2.45, 2.75) is 45.6 Å². The Kier molecular flexibility index (Phi) is 4.41. The molecule has 0 saturated carbocycles. The number of carbonyl (C=O) groups excluding carboxylic acids is 2. The predicted octanol–water partition coefficient (Wildman–Crippen LogP) is 1.46. The molecule has 126 valence electrons. The zero-order valence-corrected chi connectivity index (χ0v) is 14.3. The average Bonchev–Trinajstić information content (AvgIpc) is 2.70. The van der Waals surface area contributed by atoms with Gasteiger partial charge in [0.2, 0.25) is 5.91 Å². The maximum atomic E-state index is 13.0. The van der Waals surface area contributed by atoms with E-state index in [1.54, 1.807) is 11.6 Å². The first-order chi connectivity index (χ1) is 11.0. The Bertz CT molecular complexity index is 610. The molecule has 2 amide bonds. The number of hydrogen-bond acceptors (Lipinski definition) is 3. The van der Waals surface area contributed by atoms with Crippen molar-refractivity contribution in [1.29, 1.82) is 0 Å². The van der Waals surface area contributed by atoms with Gasteiger partial charge in [0, 0.05) is 39.6 Å². The Hall–Kier alpha value is -1.85. The van der Waals surface area contributed by atoms with Gasteiger partial charge in [0.15, 0.2) is 0 Å². The summed E-state index contributed by atoms with van der Waals surface area (Å²) in [7, 11) is 1.84. The fraction of sp³-hybridized carbons (Fsp3) is 0.706. The van der Waals surface area contributed by atoms with Crippen molar-refractivity contribution in [3.05, 3.63) is 17.5 Å². The van der Waals surface area contributed by atoms with E-state index in [0.29, 0.717) is 18.2 Å². The van der Waals surface area contributed by atoms with Gasteiger partial charge in [-0.1, -0.05) is 13.3 Å². The molecule has 0 aromatic carbocycles. The first kappa shape index (κ1) is 16.0. The van der Waals surface area contributed by atoms with Crippen LogP contribution in [0.1, 0.15) is 49.3 Å². The zero-order valence-electron chi connectivity index (χ0n) is 14.3. The van der Waals surface area contributed by atoms with Crippen LogP contribution in [-0.2, 0) is 18.3 Å². The van der Waals surface area contributed by atoms with E-state index in [1.807, 2.05) is 22.9 Å². The van der Waals surface area contributed by atoms with Crippen LogP contribution in [0, 0.1) is 5.92 Å². The fourth-order valence-electron chi connectivity index (χ4n) is 3.84. The van der Waals surface area contributed by atoms with Crippen LogP contribution in [0.15, 0.2) is 6.07 Å². The minimum absolute atomic E-state index is 0.0578. The van der Waals surface area contributed by atoms with E-state index in [4.69, 9.17) is 0 Å². The van der Waals surface area contributed by atoms with E-state index in [-0.39, 0.29) is 17.9 Å². The van der Waals surface area contributed by atoms with E-state index < -0.39 is 0 Å². The largest absolute Gasteiger partial charge is 0.341 e. The van der Waals surface area contributed by atoms with Crippen LogP contribution in [0.3, 0.4) is 0 Å². The van der Waals surface area contributed by atoms with Crippen LogP contribution < -0.4 is 0 Å². The lowest BCUT2D eigenvalue weighted by atomic mass is 9.94. The molecule has 23 heavy (non-hydrogen) atoms. The normalized spacial score (nSPS) is 24.0. The maximum absolute atomic E-state index is 13.0. The summed E-state index contributed by atoms with van der Waals surface area (Å²) in [5, 5.41) is 4.45. The van der Waals surface area contributed by atoms with Crippen LogP contribution in [-0.4, -0.2) is 57.1 Å². The Morgan fingerprint density at radius 2 is 2.04 bits per heavy atom. The summed E-state index contributed by atoms with van der Waals surface area (Å²) in [5.74, 6) is 0.564. The number of aryl methyl sites for hydroxylation is 2. The monoisotopic (exact) mass is 318 g/mol. The summed E-state index contributed by atoms with van der Waals surface area (Å²) in [5.41, 5.74) is 1.64. The molecule has 4 rings (SSSR count). The molecule has 0 spiro atoms. The highest BCUT2D eigenvalue weighted by Gasteiger charge is 2.38. The molecule has 1 aromatic rings. The maximum Gasteiger partial charge on any atom is 0.272 e. The van der Waals surface area contributed by atoms with E-state index in [2.05, 4.69) is 12.0 Å². The van der Waals surface area contributed by atoms with Crippen molar-refractivity contribution in [2.75, 3.05) is 19.6 Å². The first-order valence-corrected chi connectivity index (χ1v) is 8.59. The Labute approximate surface area is 137 Å². The molecule has 6 heteroatoms. The summed E-state index contributed by atoms with van der Waals surface area (Å²) >= 11 is 0. The van der Waals surface area contributed by atoms with Crippen LogP contribution >= 0.6 is 0 Å². The minimum Gasteiger partial charge on any atom is -0.341 e. The van der Waals surface area contributed by atoms with E-state index in [0.717, 1.165) is 44.5 Å². The number of hydrogen-bond donors (Lipinski definition) is 0. The Morgan fingerprint density at radius 1 is 1.26 bits per heavy atom. The number of carbonyl (C=O) groups is 2. The van der Waals surface area contributed by atoms with Gasteiger partial charge in [0.25, 0.3) is 5.91 Å². The molecule has 3 aliphatic rings. The van der Waals surface area contributed by atoms with Crippen molar-refractivity contribution < 1.29 is 9.59 Å². The molecule has 3 fully saturated rings. The molecule has 2 bridgehead atoms. The van der Waals surface area contributed by atoms with Gasteiger partial charge in [0.05, 0.1) is 5.69 Å². The molecular weight excluding hydrogens is 292 g/mol. The third kappa shape index (κ3) is 3.12.